The van der Waals surface area contributed by atoms with Crippen LogP contribution in [0.4, 0.5) is 0 Å². The molecule has 0 bridgehead atoms. The fourth-order valence-electron chi connectivity index (χ4n) is 4.52. The van der Waals surface area contributed by atoms with Crippen molar-refractivity contribution < 1.29 is 29.4 Å². The van der Waals surface area contributed by atoms with Gasteiger partial charge in [-0.15, -0.1) is 0 Å². The Morgan fingerprint density at radius 3 is 2.75 bits per heavy atom. The van der Waals surface area contributed by atoms with Gasteiger partial charge < -0.3 is 24.7 Å². The highest BCUT2D eigenvalue weighted by Gasteiger charge is 2.33. The summed E-state index contributed by atoms with van der Waals surface area (Å²) in [7, 11) is 0. The number of hydrogen-bond donors (Lipinski definition) is 2. The van der Waals surface area contributed by atoms with Crippen LogP contribution in [0, 0.1) is 0 Å². The Morgan fingerprint density at radius 2 is 2.00 bits per heavy atom. The van der Waals surface area contributed by atoms with Crippen molar-refractivity contribution in [1.29, 1.82) is 0 Å². The van der Waals surface area contributed by atoms with Crippen LogP contribution in [0.3, 0.4) is 0 Å². The van der Waals surface area contributed by atoms with Crippen LogP contribution in [0.5, 0.6) is 5.75 Å². The van der Waals surface area contributed by atoms with Crippen molar-refractivity contribution in [3.8, 4) is 5.75 Å². The molecule has 2 N–H and O–H groups in total. The molecular formula is C27H33ClN2O6. The fraction of sp³-hybridized carbons (Fsp3) is 0.519. The zero-order valence-corrected chi connectivity index (χ0v) is 21.1. The molecule has 1 atom stereocenters. The van der Waals surface area contributed by atoms with Crippen molar-refractivity contribution in [2.24, 2.45) is 5.16 Å². The van der Waals surface area contributed by atoms with Crippen LogP contribution in [0.25, 0.3) is 0 Å². The molecule has 2 heterocycles. The average molecular weight is 517 g/mol. The number of oxime groups is 1. The number of rotatable bonds is 4. The summed E-state index contributed by atoms with van der Waals surface area (Å²) in [5.74, 6) is -0.573. The lowest BCUT2D eigenvalue weighted by molar-refractivity contribution is -0.137. The van der Waals surface area contributed by atoms with E-state index < -0.39 is 12.1 Å². The molecular weight excluding hydrogens is 484 g/mol. The van der Waals surface area contributed by atoms with E-state index in [1.54, 1.807) is 35.3 Å². The van der Waals surface area contributed by atoms with E-state index in [0.29, 0.717) is 29.7 Å². The maximum Gasteiger partial charge on any atom is 0.338 e. The van der Waals surface area contributed by atoms with Crippen LogP contribution < -0.4 is 0 Å². The number of phenols is 1. The number of hydrogen-bond acceptors (Lipinski definition) is 7. The lowest BCUT2D eigenvalue weighted by Gasteiger charge is -2.26. The standard InChI is InChI=1S/C27H33ClN2O6/c28-26-22-15-19(29-36-17-24(33)30-12-3-1-4-13-30)7-6-9-20(31)8-2-5-14-35-27(34)25(22)21(16-23(26)32)18-10-11-18/h2,6-8,16,18,20,31-32H,1,3-5,9-15,17H2/b7-6+,8-2+,29-19+. The first kappa shape index (κ1) is 26.2. The largest absolute Gasteiger partial charge is 0.506 e. The maximum absolute atomic E-state index is 13.2. The number of ether oxygens (including phenoxy) is 1. The van der Waals surface area contributed by atoms with Gasteiger partial charge in [0.25, 0.3) is 5.91 Å². The highest BCUT2D eigenvalue weighted by molar-refractivity contribution is 6.33. The summed E-state index contributed by atoms with van der Waals surface area (Å²) in [5.41, 5.74) is 1.88. The summed E-state index contributed by atoms with van der Waals surface area (Å²) in [6, 6.07) is 1.56. The number of carbonyl (C=O) groups is 2. The molecule has 0 spiro atoms. The number of piperidine rings is 1. The van der Waals surface area contributed by atoms with Gasteiger partial charge in [0.1, 0.15) is 5.75 Å². The summed E-state index contributed by atoms with van der Waals surface area (Å²) >= 11 is 6.51. The second-order valence-electron chi connectivity index (χ2n) is 9.46. The molecule has 1 aromatic carbocycles. The lowest BCUT2D eigenvalue weighted by Crippen LogP contribution is -2.37. The number of allylic oxidation sites excluding steroid dienone is 1. The van der Waals surface area contributed by atoms with E-state index in [1.165, 1.54) is 0 Å². The molecule has 0 radical (unpaired) electrons. The van der Waals surface area contributed by atoms with Crippen molar-refractivity contribution in [2.45, 2.75) is 63.4 Å². The van der Waals surface area contributed by atoms with Crippen LogP contribution in [0.1, 0.15) is 72.3 Å². The molecule has 2 aliphatic heterocycles. The number of fused-ring (bicyclic) bond motifs is 1. The van der Waals surface area contributed by atoms with E-state index >= 15 is 0 Å². The molecule has 1 amide bonds. The molecule has 36 heavy (non-hydrogen) atoms. The first-order valence-electron chi connectivity index (χ1n) is 12.6. The minimum Gasteiger partial charge on any atom is -0.506 e. The summed E-state index contributed by atoms with van der Waals surface area (Å²) in [4.78, 5) is 32.9. The summed E-state index contributed by atoms with van der Waals surface area (Å²) in [5, 5.41) is 25.0. The molecule has 194 valence electrons. The number of nitrogens with zero attached hydrogens (tertiary/aromatic N) is 2. The third-order valence-corrected chi connectivity index (χ3v) is 7.02. The normalized spacial score (nSPS) is 24.4. The number of amides is 1. The number of halogens is 1. The van der Waals surface area contributed by atoms with Gasteiger partial charge in [0, 0.05) is 19.5 Å². The summed E-state index contributed by atoms with van der Waals surface area (Å²) in [6.45, 7) is 1.40. The molecule has 3 aliphatic rings. The number of likely N-dealkylation sites (tertiary alicyclic amines) is 1. The van der Waals surface area contributed by atoms with Crippen LogP contribution >= 0.6 is 11.6 Å². The van der Waals surface area contributed by atoms with Crippen molar-refractivity contribution in [3.63, 3.8) is 0 Å². The van der Waals surface area contributed by atoms with Crippen molar-refractivity contribution >= 4 is 29.2 Å². The quantitative estimate of drug-likeness (QED) is 0.351. The number of aliphatic hydroxyl groups is 1. The fourth-order valence-corrected chi connectivity index (χ4v) is 4.74. The third kappa shape index (κ3) is 6.89. The lowest BCUT2D eigenvalue weighted by atomic mass is 9.93. The predicted molar refractivity (Wildman–Crippen MR) is 136 cm³/mol. The number of cyclic esters (lactones) is 1. The maximum atomic E-state index is 13.2. The van der Waals surface area contributed by atoms with E-state index in [9.17, 15) is 19.8 Å². The molecule has 1 unspecified atom stereocenters. The van der Waals surface area contributed by atoms with E-state index in [1.807, 2.05) is 0 Å². The Morgan fingerprint density at radius 1 is 1.22 bits per heavy atom. The van der Waals surface area contributed by atoms with Gasteiger partial charge in [0.15, 0.2) is 6.61 Å². The summed E-state index contributed by atoms with van der Waals surface area (Å²) in [6.07, 6.45) is 12.0. The second kappa shape index (κ2) is 12.4. The van der Waals surface area contributed by atoms with Gasteiger partial charge in [-0.3, -0.25) is 4.79 Å². The van der Waals surface area contributed by atoms with E-state index in [-0.39, 0.29) is 42.2 Å². The molecule has 2 fully saturated rings. The Kier molecular flexibility index (Phi) is 9.04. The molecule has 8 nitrogen and oxygen atoms in total. The molecule has 4 rings (SSSR count). The number of benzene rings is 1. The van der Waals surface area contributed by atoms with Gasteiger partial charge >= 0.3 is 5.97 Å². The highest BCUT2D eigenvalue weighted by Crippen LogP contribution is 2.46. The molecule has 1 aromatic rings. The Balaban J connectivity index is 1.64. The molecule has 9 heteroatoms. The van der Waals surface area contributed by atoms with Gasteiger partial charge in [-0.05, 0) is 74.1 Å². The first-order chi connectivity index (χ1) is 17.4. The van der Waals surface area contributed by atoms with Crippen molar-refractivity contribution in [3.05, 3.63) is 52.1 Å². The van der Waals surface area contributed by atoms with Crippen molar-refractivity contribution in [2.75, 3.05) is 26.3 Å². The van der Waals surface area contributed by atoms with E-state index in [0.717, 1.165) is 50.8 Å². The minimum absolute atomic E-state index is 0.0591. The SMILES string of the molecule is O=C1OCC/C=C/C(O)C/C=C/C(=N\OCC(=O)N2CCCCC2)Cc2c(Cl)c(O)cc(C3CC3)c21. The molecule has 1 saturated carbocycles. The first-order valence-corrected chi connectivity index (χ1v) is 13.0. The Labute approximate surface area is 216 Å². The van der Waals surface area contributed by atoms with Gasteiger partial charge in [0.05, 0.1) is 29.0 Å². The molecule has 1 saturated heterocycles. The van der Waals surface area contributed by atoms with Crippen LogP contribution in [-0.2, 0) is 20.8 Å². The molecule has 1 aliphatic carbocycles. The highest BCUT2D eigenvalue weighted by atomic mass is 35.5. The Hall–Kier alpha value is -2.84. The monoisotopic (exact) mass is 516 g/mol. The predicted octanol–water partition coefficient (Wildman–Crippen LogP) is 4.27. The zero-order chi connectivity index (χ0) is 25.5. The minimum atomic E-state index is -0.705. The number of aliphatic hydroxyl groups excluding tert-OH is 1. The second-order valence-corrected chi connectivity index (χ2v) is 9.84. The van der Waals surface area contributed by atoms with Gasteiger partial charge in [-0.2, -0.15) is 0 Å². The third-order valence-electron chi connectivity index (χ3n) is 6.59. The zero-order valence-electron chi connectivity index (χ0n) is 20.3. The van der Waals surface area contributed by atoms with Crippen LogP contribution in [0.2, 0.25) is 5.02 Å². The number of phenolic OH excluding ortho intramolecular Hbond substituents is 1. The van der Waals surface area contributed by atoms with E-state index in [2.05, 4.69) is 5.16 Å². The summed E-state index contributed by atoms with van der Waals surface area (Å²) < 4.78 is 5.53. The Bertz CT molecular complexity index is 1060. The van der Waals surface area contributed by atoms with Crippen molar-refractivity contribution in [1.82, 2.24) is 4.90 Å². The van der Waals surface area contributed by atoms with Crippen LogP contribution in [0.15, 0.2) is 35.5 Å². The van der Waals surface area contributed by atoms with Gasteiger partial charge in [-0.1, -0.05) is 35.0 Å². The number of esters is 1. The molecule has 0 aromatic heterocycles. The van der Waals surface area contributed by atoms with Crippen LogP contribution in [-0.4, -0.2) is 65.1 Å². The topological polar surface area (TPSA) is 109 Å². The smallest absolute Gasteiger partial charge is 0.338 e. The van der Waals surface area contributed by atoms with Gasteiger partial charge in [-0.25, -0.2) is 4.79 Å². The number of aromatic hydroxyl groups is 1. The average Bonchev–Trinajstić information content (AvgIpc) is 3.71. The van der Waals surface area contributed by atoms with Gasteiger partial charge in [0.2, 0.25) is 0 Å². The van der Waals surface area contributed by atoms with E-state index in [4.69, 9.17) is 21.2 Å². The number of carbonyl (C=O) groups excluding carboxylic acids is 2.